The molecular formula is C40H53F2N5O9S. The Balaban J connectivity index is 1.49. The molecule has 57 heavy (non-hydrogen) atoms. The van der Waals surface area contributed by atoms with E-state index < -0.39 is 92.7 Å². The van der Waals surface area contributed by atoms with Crippen molar-refractivity contribution in [3.05, 3.63) is 42.6 Å². The molecule has 6 rings (SSSR count). The Bertz CT molecular complexity index is 2050. The smallest absolute Gasteiger partial charge is 0.408 e. The molecule has 2 aliphatic carbocycles. The van der Waals surface area contributed by atoms with Crippen LogP contribution >= 0.6 is 0 Å². The van der Waals surface area contributed by atoms with Crippen LogP contribution in [0.5, 0.6) is 11.6 Å². The summed E-state index contributed by atoms with van der Waals surface area (Å²) in [6, 6.07) is -1.97. The minimum atomic E-state index is -4.27. The van der Waals surface area contributed by atoms with Gasteiger partial charge in [0.05, 0.1) is 18.6 Å². The first-order valence-corrected chi connectivity index (χ1v) is 21.3. The van der Waals surface area contributed by atoms with Crippen molar-refractivity contribution in [3.63, 3.8) is 0 Å². The van der Waals surface area contributed by atoms with Crippen molar-refractivity contribution < 1.29 is 51.0 Å². The summed E-state index contributed by atoms with van der Waals surface area (Å²) in [6.45, 7) is 8.10. The Morgan fingerprint density at radius 1 is 1.14 bits per heavy atom. The van der Waals surface area contributed by atoms with Crippen molar-refractivity contribution in [2.75, 3.05) is 7.11 Å². The van der Waals surface area contributed by atoms with Gasteiger partial charge in [-0.3, -0.25) is 28.9 Å². The highest BCUT2D eigenvalue weighted by Gasteiger charge is 2.71. The molecule has 1 aromatic heterocycles. The molecule has 0 spiro atoms. The van der Waals surface area contributed by atoms with Gasteiger partial charge in [-0.2, -0.15) is 8.78 Å². The first kappa shape index (κ1) is 42.1. The monoisotopic (exact) mass is 817 g/mol. The summed E-state index contributed by atoms with van der Waals surface area (Å²) in [7, 11) is -2.63. The van der Waals surface area contributed by atoms with Crippen molar-refractivity contribution in [1.82, 2.24) is 24.8 Å². The SMILES string of the molecule is CCC(C)N(C(=O)O)[C@@H]1C(=O)N2[C@@H](C[C@@](C)(Oc3ncc(OC)c4ccccc34)C2(F)F)C(=O)N[C@]2(C(=O)NS(=O)(=O)C3CC3)C[C@H]2/C=C\CC[C@@H](C)C[C@H]1CC. The van der Waals surface area contributed by atoms with Gasteiger partial charge in [-0.15, -0.1) is 0 Å². The summed E-state index contributed by atoms with van der Waals surface area (Å²) in [5, 5.41) is 13.3. The van der Waals surface area contributed by atoms with Gasteiger partial charge in [0, 0.05) is 29.2 Å². The topological polar surface area (TPSA) is 185 Å². The summed E-state index contributed by atoms with van der Waals surface area (Å²) in [5.74, 6) is -4.75. The molecule has 2 saturated carbocycles. The van der Waals surface area contributed by atoms with Gasteiger partial charge in [-0.1, -0.05) is 57.5 Å². The largest absolute Gasteiger partial charge is 0.494 e. The van der Waals surface area contributed by atoms with Crippen LogP contribution in [0.3, 0.4) is 0 Å². The van der Waals surface area contributed by atoms with Gasteiger partial charge in [0.1, 0.15) is 23.4 Å². The van der Waals surface area contributed by atoms with E-state index in [-0.39, 0.29) is 36.0 Å². The van der Waals surface area contributed by atoms with Crippen LogP contribution in [0.1, 0.15) is 92.4 Å². The standard InChI is InChI=1S/C40H53F2N5O9S/c1-7-24(4)46(37(51)52)32-25(8-2)19-23(3)13-9-10-14-26-20-39(26,36(50)45-57(53,54)27-17-18-27)44-33(48)30-21-38(5,40(41,42)47(30)35(32)49)56-34-29-16-12-11-15-28(29)31(55-6)22-43-34/h10-12,14-16,22-27,30,32H,7-9,13,17-21H2,1-6H3,(H,44,48)(H,45,50)(H,51,52)/b14-10-/t23-,24?,25-,26-,30+,32+,38-,39-/m1/s1. The highest BCUT2D eigenvalue weighted by Crippen LogP contribution is 2.51. The number of nitrogens with zero attached hydrogens (tertiary/aromatic N) is 3. The number of rotatable bonds is 10. The maximum atomic E-state index is 17.6. The van der Waals surface area contributed by atoms with Gasteiger partial charge in [-0.25, -0.2) is 18.2 Å². The van der Waals surface area contributed by atoms with Gasteiger partial charge in [0.25, 0.3) is 11.8 Å². The summed E-state index contributed by atoms with van der Waals surface area (Å²) in [4.78, 5) is 62.1. The number of aromatic nitrogens is 1. The zero-order chi connectivity index (χ0) is 41.7. The number of alkyl halides is 2. The number of allylic oxidation sites excluding steroid dienone is 1. The molecule has 4 amide bonds. The van der Waals surface area contributed by atoms with Crippen molar-refractivity contribution in [2.45, 2.75) is 133 Å². The number of fused-ring (bicyclic) bond motifs is 3. The first-order chi connectivity index (χ1) is 26.9. The number of benzene rings is 1. The lowest BCUT2D eigenvalue weighted by atomic mass is 9.83. The molecule has 0 bridgehead atoms. The normalized spacial score (nSPS) is 31.4. The van der Waals surface area contributed by atoms with E-state index in [9.17, 15) is 27.9 Å². The van der Waals surface area contributed by atoms with Crippen LogP contribution in [-0.4, -0.2) is 99.8 Å². The molecule has 3 N–H and O–H groups in total. The molecule has 17 heteroatoms. The number of amides is 4. The van der Waals surface area contributed by atoms with E-state index in [1.165, 1.54) is 13.3 Å². The van der Waals surface area contributed by atoms with E-state index in [0.29, 0.717) is 48.6 Å². The molecule has 312 valence electrons. The minimum Gasteiger partial charge on any atom is -0.494 e. The number of nitrogens with one attached hydrogen (secondary N) is 2. The van der Waals surface area contributed by atoms with Crippen molar-refractivity contribution >= 4 is 44.6 Å². The lowest BCUT2D eigenvalue weighted by molar-refractivity contribution is -0.219. The second kappa shape index (κ2) is 15.7. The average Bonchev–Trinajstić information content (AvgIpc) is 4.09. The Morgan fingerprint density at radius 3 is 2.44 bits per heavy atom. The molecule has 3 fully saturated rings. The Morgan fingerprint density at radius 2 is 1.82 bits per heavy atom. The number of methoxy groups -OCH3 is 1. The fourth-order valence-electron chi connectivity index (χ4n) is 8.47. The molecular weight excluding hydrogens is 765 g/mol. The summed E-state index contributed by atoms with van der Waals surface area (Å²) < 4.78 is 74.8. The Kier molecular flexibility index (Phi) is 11.6. The summed E-state index contributed by atoms with van der Waals surface area (Å²) in [6.07, 6.45) is 5.33. The predicted octanol–water partition coefficient (Wildman–Crippen LogP) is 5.61. The van der Waals surface area contributed by atoms with Gasteiger partial charge in [-0.05, 0) is 76.7 Å². The second-order valence-corrected chi connectivity index (χ2v) is 18.3. The molecule has 3 heterocycles. The Labute approximate surface area is 331 Å². The number of hydrogen-bond acceptors (Lipinski definition) is 9. The van der Waals surface area contributed by atoms with E-state index in [1.54, 1.807) is 51.1 Å². The minimum absolute atomic E-state index is 0.00919. The van der Waals surface area contributed by atoms with Gasteiger partial charge in [0.2, 0.25) is 21.8 Å². The number of ether oxygens (including phenoxy) is 2. The van der Waals surface area contributed by atoms with Crippen LogP contribution in [0.4, 0.5) is 13.6 Å². The lowest BCUT2D eigenvalue weighted by Gasteiger charge is -2.43. The second-order valence-electron chi connectivity index (χ2n) is 16.3. The highest BCUT2D eigenvalue weighted by atomic mass is 32.2. The highest BCUT2D eigenvalue weighted by molar-refractivity contribution is 7.91. The fourth-order valence-corrected chi connectivity index (χ4v) is 9.83. The third-order valence-corrected chi connectivity index (χ3v) is 14.1. The molecule has 8 atom stereocenters. The molecule has 4 aliphatic rings. The van der Waals surface area contributed by atoms with Gasteiger partial charge in [0.15, 0.2) is 5.60 Å². The fraction of sp³-hybridized carbons (Fsp3) is 0.625. The molecule has 1 aromatic carbocycles. The number of halogens is 2. The van der Waals surface area contributed by atoms with Crippen LogP contribution in [0.2, 0.25) is 0 Å². The molecule has 1 unspecified atom stereocenters. The van der Waals surface area contributed by atoms with Crippen LogP contribution in [0, 0.1) is 17.8 Å². The first-order valence-electron chi connectivity index (χ1n) is 19.7. The van der Waals surface area contributed by atoms with Crippen molar-refractivity contribution in [1.29, 1.82) is 0 Å². The maximum Gasteiger partial charge on any atom is 0.408 e. The molecule has 0 radical (unpaired) electrons. The molecule has 1 saturated heterocycles. The zero-order valence-electron chi connectivity index (χ0n) is 33.2. The third-order valence-electron chi connectivity index (χ3n) is 12.3. The van der Waals surface area contributed by atoms with E-state index in [2.05, 4.69) is 15.0 Å². The lowest BCUT2D eigenvalue weighted by Crippen LogP contribution is -2.64. The van der Waals surface area contributed by atoms with Gasteiger partial charge < -0.3 is 19.9 Å². The third kappa shape index (κ3) is 7.75. The van der Waals surface area contributed by atoms with Crippen LogP contribution in [0.15, 0.2) is 42.6 Å². The number of carbonyl (C=O) groups is 4. The van der Waals surface area contributed by atoms with Crippen molar-refractivity contribution in [3.8, 4) is 11.6 Å². The number of carbonyl (C=O) groups excluding carboxylic acids is 3. The summed E-state index contributed by atoms with van der Waals surface area (Å²) in [5.41, 5.74) is -4.44. The van der Waals surface area contributed by atoms with Gasteiger partial charge >= 0.3 is 12.1 Å². The molecule has 14 nitrogen and oxygen atoms in total. The van der Waals surface area contributed by atoms with E-state index in [4.69, 9.17) is 9.47 Å². The van der Waals surface area contributed by atoms with E-state index in [1.807, 2.05) is 13.0 Å². The molecule has 2 aromatic rings. The maximum absolute atomic E-state index is 17.6. The predicted molar refractivity (Wildman–Crippen MR) is 206 cm³/mol. The van der Waals surface area contributed by atoms with E-state index >= 15 is 13.6 Å². The van der Waals surface area contributed by atoms with Crippen molar-refractivity contribution in [2.24, 2.45) is 17.8 Å². The summed E-state index contributed by atoms with van der Waals surface area (Å²) >= 11 is 0. The number of carboxylic acid groups (broad SMARTS) is 1. The zero-order valence-corrected chi connectivity index (χ0v) is 34.0. The number of pyridine rings is 1. The molecule has 2 aliphatic heterocycles. The number of hydrogen-bond donors (Lipinski definition) is 3. The average molecular weight is 818 g/mol. The Hall–Kier alpha value is -4.54. The number of sulfonamides is 1. The van der Waals surface area contributed by atoms with Crippen LogP contribution in [-0.2, 0) is 24.4 Å². The quantitative estimate of drug-likeness (QED) is 0.201. The van der Waals surface area contributed by atoms with Crippen LogP contribution < -0.4 is 19.5 Å². The van der Waals surface area contributed by atoms with E-state index in [0.717, 1.165) is 11.8 Å². The van der Waals surface area contributed by atoms with Crippen LogP contribution in [0.25, 0.3) is 10.8 Å².